The number of hydrogen-bond donors (Lipinski definition) is 2. The summed E-state index contributed by atoms with van der Waals surface area (Å²) < 4.78 is 0. The number of hydrogen-bond acceptors (Lipinski definition) is 3. The van der Waals surface area contributed by atoms with Crippen molar-refractivity contribution in [3.8, 4) is 0 Å². The molecule has 1 aromatic rings. The third-order valence-electron chi connectivity index (χ3n) is 4.92. The maximum absolute atomic E-state index is 12.4. The Morgan fingerprint density at radius 2 is 1.83 bits per heavy atom. The Balaban J connectivity index is 1.62. The molecule has 1 aliphatic carbocycles. The largest absolute Gasteiger partial charge is 0.326 e. The summed E-state index contributed by atoms with van der Waals surface area (Å²) in [6.45, 7) is 2.20. The Morgan fingerprint density at radius 3 is 2.52 bits per heavy atom. The van der Waals surface area contributed by atoms with Gasteiger partial charge in [0.15, 0.2) is 0 Å². The molecule has 0 atom stereocenters. The van der Waals surface area contributed by atoms with Gasteiger partial charge in [-0.3, -0.25) is 19.7 Å². The summed E-state index contributed by atoms with van der Waals surface area (Å²) in [7, 11) is 0. The molecule has 0 radical (unpaired) electrons. The van der Waals surface area contributed by atoms with Crippen molar-refractivity contribution in [1.82, 2.24) is 5.32 Å². The summed E-state index contributed by atoms with van der Waals surface area (Å²) in [4.78, 5) is 35.6. The molecule has 1 aliphatic heterocycles. The molecule has 1 fully saturated rings. The predicted molar refractivity (Wildman–Crippen MR) is 87.2 cm³/mol. The molecule has 3 amide bonds. The van der Waals surface area contributed by atoms with Gasteiger partial charge in [0.05, 0.1) is 11.1 Å². The van der Waals surface area contributed by atoms with Gasteiger partial charge in [-0.15, -0.1) is 0 Å². The molecule has 2 N–H and O–H groups in total. The summed E-state index contributed by atoms with van der Waals surface area (Å²) in [5.41, 5.74) is 1.28. The zero-order chi connectivity index (χ0) is 16.4. The van der Waals surface area contributed by atoms with Crippen molar-refractivity contribution < 1.29 is 14.4 Å². The molecule has 0 spiro atoms. The molecule has 0 aromatic heterocycles. The first kappa shape index (κ1) is 15.7. The Hall–Kier alpha value is -2.17. The van der Waals surface area contributed by atoms with Crippen LogP contribution in [0.15, 0.2) is 18.2 Å². The molecule has 5 nitrogen and oxygen atoms in total. The van der Waals surface area contributed by atoms with Gasteiger partial charge >= 0.3 is 0 Å². The molecule has 0 saturated heterocycles. The first-order chi connectivity index (χ1) is 11.1. The van der Waals surface area contributed by atoms with Gasteiger partial charge in [0, 0.05) is 11.6 Å². The van der Waals surface area contributed by atoms with Crippen LogP contribution in [-0.2, 0) is 4.79 Å². The number of amides is 3. The number of benzene rings is 1. The van der Waals surface area contributed by atoms with E-state index >= 15 is 0 Å². The molecule has 1 heterocycles. The van der Waals surface area contributed by atoms with E-state index in [0.717, 1.165) is 31.6 Å². The second-order valence-electron chi connectivity index (χ2n) is 6.54. The van der Waals surface area contributed by atoms with E-state index in [1.807, 2.05) is 0 Å². The monoisotopic (exact) mass is 314 g/mol. The molecular weight excluding hydrogens is 292 g/mol. The summed E-state index contributed by atoms with van der Waals surface area (Å²) >= 11 is 0. The van der Waals surface area contributed by atoms with Crippen LogP contribution in [0.3, 0.4) is 0 Å². The number of fused-ring (bicyclic) bond motifs is 1. The fourth-order valence-corrected chi connectivity index (χ4v) is 3.61. The van der Waals surface area contributed by atoms with Gasteiger partial charge in [0.25, 0.3) is 11.8 Å². The second-order valence-corrected chi connectivity index (χ2v) is 6.54. The second kappa shape index (κ2) is 6.52. The van der Waals surface area contributed by atoms with Crippen molar-refractivity contribution in [2.75, 3.05) is 5.32 Å². The van der Waals surface area contributed by atoms with Crippen molar-refractivity contribution in [3.63, 3.8) is 0 Å². The first-order valence-electron chi connectivity index (χ1n) is 8.39. The van der Waals surface area contributed by atoms with Crippen LogP contribution in [0, 0.1) is 11.8 Å². The molecular formula is C18H22N2O3. The van der Waals surface area contributed by atoms with Crippen LogP contribution < -0.4 is 10.6 Å². The van der Waals surface area contributed by atoms with E-state index in [1.54, 1.807) is 18.2 Å². The van der Waals surface area contributed by atoms with E-state index < -0.39 is 5.91 Å². The van der Waals surface area contributed by atoms with Gasteiger partial charge in [-0.05, 0) is 49.8 Å². The van der Waals surface area contributed by atoms with Gasteiger partial charge in [-0.2, -0.15) is 0 Å². The molecule has 5 heteroatoms. The SMILES string of the molecule is CCCC1CCC(C(=O)Nc2ccc3c(c2)C(=O)NC3=O)CC1. The Labute approximate surface area is 135 Å². The molecule has 23 heavy (non-hydrogen) atoms. The van der Waals surface area contributed by atoms with Gasteiger partial charge in [-0.25, -0.2) is 0 Å². The van der Waals surface area contributed by atoms with Gasteiger partial charge in [0.1, 0.15) is 0 Å². The molecule has 1 aromatic carbocycles. The van der Waals surface area contributed by atoms with E-state index in [4.69, 9.17) is 0 Å². The van der Waals surface area contributed by atoms with E-state index in [-0.39, 0.29) is 17.7 Å². The van der Waals surface area contributed by atoms with Crippen LogP contribution in [0.5, 0.6) is 0 Å². The van der Waals surface area contributed by atoms with Crippen molar-refractivity contribution in [1.29, 1.82) is 0 Å². The Bertz CT molecular complexity index is 646. The van der Waals surface area contributed by atoms with E-state index in [9.17, 15) is 14.4 Å². The Morgan fingerprint density at radius 1 is 1.13 bits per heavy atom. The highest BCUT2D eigenvalue weighted by Crippen LogP contribution is 2.32. The maximum Gasteiger partial charge on any atom is 0.259 e. The maximum atomic E-state index is 12.4. The van der Waals surface area contributed by atoms with Gasteiger partial charge in [-0.1, -0.05) is 19.8 Å². The zero-order valence-corrected chi connectivity index (χ0v) is 13.4. The highest BCUT2D eigenvalue weighted by molar-refractivity contribution is 6.22. The van der Waals surface area contributed by atoms with Crippen LogP contribution in [0.2, 0.25) is 0 Å². The molecule has 0 bridgehead atoms. The summed E-state index contributed by atoms with van der Waals surface area (Å²) in [5.74, 6) is 0.0495. The fourth-order valence-electron chi connectivity index (χ4n) is 3.61. The lowest BCUT2D eigenvalue weighted by molar-refractivity contribution is -0.121. The van der Waals surface area contributed by atoms with Gasteiger partial charge < -0.3 is 5.32 Å². The highest BCUT2D eigenvalue weighted by Gasteiger charge is 2.28. The van der Waals surface area contributed by atoms with E-state index in [0.29, 0.717) is 16.8 Å². The van der Waals surface area contributed by atoms with E-state index in [1.165, 1.54) is 12.8 Å². The van der Waals surface area contributed by atoms with Crippen molar-refractivity contribution >= 4 is 23.4 Å². The fraction of sp³-hybridized carbons (Fsp3) is 0.500. The van der Waals surface area contributed by atoms with Crippen molar-refractivity contribution in [2.24, 2.45) is 11.8 Å². The minimum Gasteiger partial charge on any atom is -0.326 e. The lowest BCUT2D eigenvalue weighted by Gasteiger charge is -2.27. The number of nitrogens with one attached hydrogen (secondary N) is 2. The molecule has 2 aliphatic rings. The van der Waals surface area contributed by atoms with Crippen LogP contribution in [0.1, 0.15) is 66.2 Å². The lowest BCUT2D eigenvalue weighted by Crippen LogP contribution is -2.27. The standard InChI is InChI=1S/C18H22N2O3/c1-2-3-11-4-6-12(7-5-11)16(21)19-13-8-9-14-15(10-13)18(23)20-17(14)22/h8-12H,2-7H2,1H3,(H,19,21)(H,20,22,23). The number of carbonyl (C=O) groups excluding carboxylic acids is 3. The molecule has 0 unspecified atom stereocenters. The number of anilines is 1. The molecule has 1 saturated carbocycles. The normalized spacial score (nSPS) is 23.3. The zero-order valence-electron chi connectivity index (χ0n) is 13.4. The minimum absolute atomic E-state index is 0.0182. The van der Waals surface area contributed by atoms with E-state index in [2.05, 4.69) is 17.6 Å². The summed E-state index contributed by atoms with van der Waals surface area (Å²) in [5, 5.41) is 5.15. The van der Waals surface area contributed by atoms with Crippen LogP contribution >= 0.6 is 0 Å². The number of rotatable bonds is 4. The van der Waals surface area contributed by atoms with Crippen LogP contribution in [-0.4, -0.2) is 17.7 Å². The highest BCUT2D eigenvalue weighted by atomic mass is 16.2. The third kappa shape index (κ3) is 3.28. The average molecular weight is 314 g/mol. The lowest BCUT2D eigenvalue weighted by atomic mass is 9.80. The van der Waals surface area contributed by atoms with Crippen molar-refractivity contribution in [2.45, 2.75) is 45.4 Å². The summed E-state index contributed by atoms with van der Waals surface area (Å²) in [6.07, 6.45) is 6.56. The average Bonchev–Trinajstić information content (AvgIpc) is 2.82. The molecule has 122 valence electrons. The topological polar surface area (TPSA) is 75.3 Å². The quantitative estimate of drug-likeness (QED) is 0.838. The summed E-state index contributed by atoms with van der Waals surface area (Å²) in [6, 6.07) is 4.84. The number of carbonyl (C=O) groups is 3. The number of imide groups is 1. The van der Waals surface area contributed by atoms with Crippen molar-refractivity contribution in [3.05, 3.63) is 29.3 Å². The van der Waals surface area contributed by atoms with Gasteiger partial charge in [0.2, 0.25) is 5.91 Å². The smallest absolute Gasteiger partial charge is 0.259 e. The third-order valence-corrected chi connectivity index (χ3v) is 4.92. The van der Waals surface area contributed by atoms with Crippen LogP contribution in [0.4, 0.5) is 5.69 Å². The Kier molecular flexibility index (Phi) is 4.46. The molecule has 3 rings (SSSR count). The minimum atomic E-state index is -0.402. The predicted octanol–water partition coefficient (Wildman–Crippen LogP) is 3.12. The van der Waals surface area contributed by atoms with Crippen LogP contribution in [0.25, 0.3) is 0 Å². The first-order valence-corrected chi connectivity index (χ1v) is 8.39.